The van der Waals surface area contributed by atoms with E-state index in [1.807, 2.05) is 13.8 Å². The van der Waals surface area contributed by atoms with E-state index in [1.165, 1.54) is 0 Å². The summed E-state index contributed by atoms with van der Waals surface area (Å²) in [4.78, 5) is 0. The van der Waals surface area contributed by atoms with Crippen LogP contribution < -0.4 is 0 Å². The number of hydrogen-bond donors (Lipinski definition) is 2. The summed E-state index contributed by atoms with van der Waals surface area (Å²) in [5, 5.41) is 0. The van der Waals surface area contributed by atoms with Crippen molar-refractivity contribution in [1.82, 2.24) is 0 Å². The molecule has 2 N–H and O–H groups in total. The molecule has 0 aromatic heterocycles. The third-order valence-electron chi connectivity index (χ3n) is 2.91. The van der Waals surface area contributed by atoms with Crippen LogP contribution in [-0.4, -0.2) is 37.4 Å². The van der Waals surface area contributed by atoms with Gasteiger partial charge in [-0.1, -0.05) is 20.3 Å². The highest BCUT2D eigenvalue weighted by Crippen LogP contribution is 2.23. The van der Waals surface area contributed by atoms with E-state index < -0.39 is 20.2 Å². The highest BCUT2D eigenvalue weighted by Gasteiger charge is 2.20. The third-order valence-corrected chi connectivity index (χ3v) is 4.41. The molecule has 0 saturated heterocycles. The van der Waals surface area contributed by atoms with E-state index in [2.05, 4.69) is 0 Å². The lowest BCUT2D eigenvalue weighted by molar-refractivity contribution is 0.324. The van der Waals surface area contributed by atoms with Crippen LogP contribution in [0.15, 0.2) is 0 Å². The summed E-state index contributed by atoms with van der Waals surface area (Å²) in [6.45, 7) is 3.68. The Balaban J connectivity index is 4.26. The van der Waals surface area contributed by atoms with Gasteiger partial charge in [0, 0.05) is 0 Å². The quantitative estimate of drug-likeness (QED) is 0.650. The van der Waals surface area contributed by atoms with E-state index in [0.29, 0.717) is 12.8 Å². The fourth-order valence-electron chi connectivity index (χ4n) is 1.76. The van der Waals surface area contributed by atoms with Crippen LogP contribution in [0.4, 0.5) is 0 Å². The SMILES string of the molecule is CCC(CCS(=O)(=O)O)C(C)CCS(=O)(=O)O. The average molecular weight is 288 g/mol. The van der Waals surface area contributed by atoms with Gasteiger partial charge < -0.3 is 0 Å². The van der Waals surface area contributed by atoms with Gasteiger partial charge in [0.25, 0.3) is 20.2 Å². The molecule has 2 unspecified atom stereocenters. The molecule has 17 heavy (non-hydrogen) atoms. The normalized spacial score (nSPS) is 16.7. The molecular formula is C9H20O6S2. The lowest BCUT2D eigenvalue weighted by Crippen LogP contribution is -2.19. The maximum atomic E-state index is 10.6. The molecule has 0 aromatic carbocycles. The van der Waals surface area contributed by atoms with Crippen LogP contribution in [-0.2, 0) is 20.2 Å². The Hall–Kier alpha value is -0.180. The Morgan fingerprint density at radius 2 is 1.35 bits per heavy atom. The molecular weight excluding hydrogens is 268 g/mol. The van der Waals surface area contributed by atoms with Gasteiger partial charge in [-0.25, -0.2) is 0 Å². The molecule has 104 valence electrons. The van der Waals surface area contributed by atoms with E-state index >= 15 is 0 Å². The van der Waals surface area contributed by atoms with Crippen LogP contribution in [0, 0.1) is 11.8 Å². The molecule has 8 heteroatoms. The maximum Gasteiger partial charge on any atom is 0.264 e. The smallest absolute Gasteiger partial charge is 0.264 e. The van der Waals surface area contributed by atoms with Gasteiger partial charge in [0.05, 0.1) is 11.5 Å². The lowest BCUT2D eigenvalue weighted by atomic mass is 9.87. The first-order valence-corrected chi connectivity index (χ1v) is 8.67. The predicted octanol–water partition coefficient (Wildman–Crippen LogP) is 1.20. The fraction of sp³-hybridized carbons (Fsp3) is 1.00. The zero-order valence-electron chi connectivity index (χ0n) is 10.0. The first-order valence-electron chi connectivity index (χ1n) is 5.45. The minimum atomic E-state index is -3.97. The van der Waals surface area contributed by atoms with Crippen LogP contribution in [0.25, 0.3) is 0 Å². The largest absolute Gasteiger partial charge is 0.286 e. The molecule has 0 rings (SSSR count). The summed E-state index contributed by atoms with van der Waals surface area (Å²) >= 11 is 0. The van der Waals surface area contributed by atoms with E-state index in [0.717, 1.165) is 0 Å². The molecule has 0 aliphatic rings. The van der Waals surface area contributed by atoms with Gasteiger partial charge in [-0.15, -0.1) is 0 Å². The molecule has 0 aliphatic carbocycles. The molecule has 0 bridgehead atoms. The summed E-state index contributed by atoms with van der Waals surface area (Å²) in [6.07, 6.45) is 1.27. The van der Waals surface area contributed by atoms with Crippen molar-refractivity contribution in [1.29, 1.82) is 0 Å². The van der Waals surface area contributed by atoms with Crippen molar-refractivity contribution in [3.63, 3.8) is 0 Å². The highest BCUT2D eigenvalue weighted by molar-refractivity contribution is 7.86. The van der Waals surface area contributed by atoms with Gasteiger partial charge in [0.1, 0.15) is 0 Å². The number of rotatable bonds is 8. The molecule has 0 radical (unpaired) electrons. The minimum absolute atomic E-state index is 0.0127. The van der Waals surface area contributed by atoms with Crippen molar-refractivity contribution >= 4 is 20.2 Å². The van der Waals surface area contributed by atoms with Gasteiger partial charge in [0.2, 0.25) is 0 Å². The summed E-state index contributed by atoms with van der Waals surface area (Å²) in [7, 11) is -7.95. The first-order chi connectivity index (χ1) is 7.55. The Labute approximate surface area is 103 Å². The second-order valence-corrected chi connectivity index (χ2v) is 7.44. The fourth-order valence-corrected chi connectivity index (χ4v) is 3.03. The van der Waals surface area contributed by atoms with Gasteiger partial charge in [-0.3, -0.25) is 9.11 Å². The summed E-state index contributed by atoms with van der Waals surface area (Å²) in [5.41, 5.74) is 0. The van der Waals surface area contributed by atoms with Crippen LogP contribution >= 0.6 is 0 Å². The Kier molecular flexibility index (Phi) is 6.60. The lowest BCUT2D eigenvalue weighted by Gasteiger charge is -2.21. The third kappa shape index (κ3) is 9.51. The zero-order valence-corrected chi connectivity index (χ0v) is 11.7. The monoisotopic (exact) mass is 288 g/mol. The Morgan fingerprint density at radius 3 is 1.71 bits per heavy atom. The number of hydrogen-bond acceptors (Lipinski definition) is 4. The second kappa shape index (κ2) is 6.67. The van der Waals surface area contributed by atoms with Crippen LogP contribution in [0.5, 0.6) is 0 Å². The molecule has 0 aromatic rings. The van der Waals surface area contributed by atoms with Crippen molar-refractivity contribution in [2.45, 2.75) is 33.1 Å². The highest BCUT2D eigenvalue weighted by atomic mass is 32.2. The van der Waals surface area contributed by atoms with Crippen LogP contribution in [0.2, 0.25) is 0 Å². The van der Waals surface area contributed by atoms with E-state index in [4.69, 9.17) is 9.11 Å². The summed E-state index contributed by atoms with van der Waals surface area (Å²) < 4.78 is 59.6. The zero-order chi connectivity index (χ0) is 13.7. The topological polar surface area (TPSA) is 109 Å². The molecule has 0 fully saturated rings. The van der Waals surface area contributed by atoms with Gasteiger partial charge in [-0.05, 0) is 24.7 Å². The van der Waals surface area contributed by atoms with E-state index in [1.54, 1.807) is 0 Å². The van der Waals surface area contributed by atoms with Crippen molar-refractivity contribution < 1.29 is 25.9 Å². The average Bonchev–Trinajstić information content (AvgIpc) is 2.12. The summed E-state index contributed by atoms with van der Waals surface area (Å²) in [5.74, 6) is -0.652. The standard InChI is InChI=1S/C9H20O6S2/c1-3-9(5-7-17(13,14)15)8(2)4-6-16(10,11)12/h8-9H,3-7H2,1-2H3,(H,10,11,12)(H,13,14,15). The van der Waals surface area contributed by atoms with Gasteiger partial charge in [0.15, 0.2) is 0 Å². The van der Waals surface area contributed by atoms with E-state index in [-0.39, 0.29) is 29.8 Å². The van der Waals surface area contributed by atoms with Crippen molar-refractivity contribution in [3.8, 4) is 0 Å². The van der Waals surface area contributed by atoms with Crippen molar-refractivity contribution in [2.24, 2.45) is 11.8 Å². The molecule has 0 aliphatic heterocycles. The van der Waals surface area contributed by atoms with Crippen molar-refractivity contribution in [3.05, 3.63) is 0 Å². The molecule has 0 amide bonds. The summed E-state index contributed by atoms with van der Waals surface area (Å²) in [6, 6.07) is 0. The molecule has 0 heterocycles. The van der Waals surface area contributed by atoms with Crippen LogP contribution in [0.1, 0.15) is 33.1 Å². The molecule has 6 nitrogen and oxygen atoms in total. The molecule has 0 saturated carbocycles. The predicted molar refractivity (Wildman–Crippen MR) is 65.0 cm³/mol. The first kappa shape index (κ1) is 16.8. The maximum absolute atomic E-state index is 10.6. The minimum Gasteiger partial charge on any atom is -0.286 e. The van der Waals surface area contributed by atoms with Crippen LogP contribution in [0.3, 0.4) is 0 Å². The Bertz CT molecular complexity index is 411. The van der Waals surface area contributed by atoms with E-state index in [9.17, 15) is 16.8 Å². The van der Waals surface area contributed by atoms with Gasteiger partial charge in [-0.2, -0.15) is 16.8 Å². The van der Waals surface area contributed by atoms with Gasteiger partial charge >= 0.3 is 0 Å². The Morgan fingerprint density at radius 1 is 0.941 bits per heavy atom. The van der Waals surface area contributed by atoms with Crippen molar-refractivity contribution in [2.75, 3.05) is 11.5 Å². The molecule has 0 spiro atoms. The molecule has 2 atom stereocenters. The second-order valence-electron chi connectivity index (χ2n) is 4.30.